The van der Waals surface area contributed by atoms with Gasteiger partial charge in [0.15, 0.2) is 23.0 Å². The molecule has 7 heteroatoms. The summed E-state index contributed by atoms with van der Waals surface area (Å²) in [5, 5.41) is 12.1. The smallest absolute Gasteiger partial charge is 0.358 e. The van der Waals surface area contributed by atoms with Crippen LogP contribution in [0.5, 0.6) is 11.5 Å². The summed E-state index contributed by atoms with van der Waals surface area (Å²) < 4.78 is 28.4. The molecule has 0 aliphatic carbocycles. The largest absolute Gasteiger partial charge is 0.496 e. The van der Waals surface area contributed by atoms with Crippen molar-refractivity contribution in [3.8, 4) is 22.8 Å². The van der Waals surface area contributed by atoms with Crippen LogP contribution >= 0.6 is 0 Å². The molecule has 100 valence electrons. The number of benzene rings is 1. The minimum atomic E-state index is -1.23. The van der Waals surface area contributed by atoms with Crippen molar-refractivity contribution in [1.82, 2.24) is 5.16 Å². The molecule has 19 heavy (non-hydrogen) atoms. The van der Waals surface area contributed by atoms with Crippen LogP contribution < -0.4 is 9.47 Å². The van der Waals surface area contributed by atoms with Crippen molar-refractivity contribution in [2.45, 2.75) is 0 Å². The summed E-state index contributed by atoms with van der Waals surface area (Å²) in [6.45, 7) is 0. The molecule has 2 rings (SSSR count). The van der Waals surface area contributed by atoms with Crippen LogP contribution in [0.15, 0.2) is 22.7 Å². The minimum absolute atomic E-state index is 0.0126. The Morgan fingerprint density at radius 2 is 1.95 bits per heavy atom. The van der Waals surface area contributed by atoms with E-state index >= 15 is 0 Å². The van der Waals surface area contributed by atoms with Gasteiger partial charge in [-0.15, -0.1) is 0 Å². The zero-order valence-corrected chi connectivity index (χ0v) is 10.1. The molecule has 2 aromatic rings. The highest BCUT2D eigenvalue weighted by Gasteiger charge is 2.18. The number of rotatable bonds is 4. The van der Waals surface area contributed by atoms with Crippen LogP contribution in [0, 0.1) is 5.82 Å². The normalized spacial score (nSPS) is 10.3. The SMILES string of the molecule is COc1cc(OC)c(-c2cc(C(=O)O)no2)cc1F. The Balaban J connectivity index is 2.53. The van der Waals surface area contributed by atoms with E-state index in [0.717, 1.165) is 6.07 Å². The van der Waals surface area contributed by atoms with Gasteiger partial charge < -0.3 is 19.1 Å². The van der Waals surface area contributed by atoms with Gasteiger partial charge in [0.25, 0.3) is 0 Å². The van der Waals surface area contributed by atoms with Gasteiger partial charge in [-0.2, -0.15) is 0 Å². The molecule has 6 nitrogen and oxygen atoms in total. The number of carboxylic acids is 1. The van der Waals surface area contributed by atoms with Crippen LogP contribution in [0.3, 0.4) is 0 Å². The van der Waals surface area contributed by atoms with Crippen molar-refractivity contribution >= 4 is 5.97 Å². The van der Waals surface area contributed by atoms with Gasteiger partial charge in [0.1, 0.15) is 5.75 Å². The molecule has 1 N–H and O–H groups in total. The summed E-state index contributed by atoms with van der Waals surface area (Å²) in [4.78, 5) is 10.7. The van der Waals surface area contributed by atoms with Crippen molar-refractivity contribution in [3.05, 3.63) is 29.7 Å². The molecular formula is C12H10FNO5. The van der Waals surface area contributed by atoms with Gasteiger partial charge in [-0.05, 0) is 6.07 Å². The van der Waals surface area contributed by atoms with Crippen molar-refractivity contribution in [3.63, 3.8) is 0 Å². The molecule has 0 saturated heterocycles. The van der Waals surface area contributed by atoms with E-state index in [1.165, 1.54) is 26.4 Å². The Bertz CT molecular complexity index is 623. The maximum atomic E-state index is 13.7. The number of nitrogens with zero attached hydrogens (tertiary/aromatic N) is 1. The summed E-state index contributed by atoms with van der Waals surface area (Å²) in [5.41, 5.74) is -0.0194. The number of carboxylic acid groups (broad SMARTS) is 1. The molecule has 0 saturated carbocycles. The third-order valence-electron chi connectivity index (χ3n) is 2.47. The number of hydrogen-bond acceptors (Lipinski definition) is 5. The van der Waals surface area contributed by atoms with Crippen molar-refractivity contribution in [1.29, 1.82) is 0 Å². The summed E-state index contributed by atoms with van der Waals surface area (Å²) in [6, 6.07) is 3.66. The van der Waals surface area contributed by atoms with E-state index in [2.05, 4.69) is 5.16 Å². The highest BCUT2D eigenvalue weighted by atomic mass is 19.1. The first-order valence-electron chi connectivity index (χ1n) is 5.18. The predicted molar refractivity (Wildman–Crippen MR) is 62.0 cm³/mol. The molecule has 1 aromatic carbocycles. The van der Waals surface area contributed by atoms with Crippen LogP contribution in [0.4, 0.5) is 4.39 Å². The molecule has 0 amide bonds. The highest BCUT2D eigenvalue weighted by molar-refractivity contribution is 5.86. The minimum Gasteiger partial charge on any atom is -0.496 e. The number of aromatic nitrogens is 1. The molecule has 0 unspecified atom stereocenters. The average molecular weight is 267 g/mol. The van der Waals surface area contributed by atoms with Crippen molar-refractivity contribution < 1.29 is 28.3 Å². The van der Waals surface area contributed by atoms with E-state index in [-0.39, 0.29) is 28.5 Å². The molecule has 1 aromatic heterocycles. The first-order chi connectivity index (χ1) is 9.06. The van der Waals surface area contributed by atoms with Gasteiger partial charge in [0, 0.05) is 12.1 Å². The second-order valence-corrected chi connectivity index (χ2v) is 3.57. The van der Waals surface area contributed by atoms with Gasteiger partial charge in [0.2, 0.25) is 0 Å². The summed E-state index contributed by atoms with van der Waals surface area (Å²) >= 11 is 0. The average Bonchev–Trinajstić information content (AvgIpc) is 2.88. The van der Waals surface area contributed by atoms with E-state index in [9.17, 15) is 9.18 Å². The van der Waals surface area contributed by atoms with Crippen LogP contribution in [-0.4, -0.2) is 30.5 Å². The van der Waals surface area contributed by atoms with Gasteiger partial charge in [-0.3, -0.25) is 0 Å². The Labute approximate surface area is 107 Å². The topological polar surface area (TPSA) is 81.8 Å². The zero-order valence-electron chi connectivity index (χ0n) is 10.1. The van der Waals surface area contributed by atoms with Crippen LogP contribution in [0.2, 0.25) is 0 Å². The van der Waals surface area contributed by atoms with Crippen molar-refractivity contribution in [2.24, 2.45) is 0 Å². The molecule has 0 radical (unpaired) electrons. The maximum Gasteiger partial charge on any atom is 0.358 e. The standard InChI is InChI=1S/C12H10FNO5/c1-17-9-5-11(18-2)7(13)3-6(9)10-4-8(12(15)16)14-19-10/h3-5H,1-2H3,(H,15,16). The zero-order chi connectivity index (χ0) is 14.0. The number of carbonyl (C=O) groups is 1. The van der Waals surface area contributed by atoms with Crippen LogP contribution in [0.25, 0.3) is 11.3 Å². The molecule has 0 atom stereocenters. The van der Waals surface area contributed by atoms with Gasteiger partial charge in [0.05, 0.1) is 19.8 Å². The number of halogens is 1. The second kappa shape index (κ2) is 4.97. The van der Waals surface area contributed by atoms with E-state index in [1.54, 1.807) is 0 Å². The number of methoxy groups -OCH3 is 2. The first kappa shape index (κ1) is 12.9. The van der Waals surface area contributed by atoms with Gasteiger partial charge in [-0.25, -0.2) is 9.18 Å². The van der Waals surface area contributed by atoms with Crippen molar-refractivity contribution in [2.75, 3.05) is 14.2 Å². The van der Waals surface area contributed by atoms with E-state index < -0.39 is 11.8 Å². The molecular weight excluding hydrogens is 257 g/mol. The van der Waals surface area contributed by atoms with E-state index in [0.29, 0.717) is 0 Å². The molecule has 0 aliphatic heterocycles. The Hall–Kier alpha value is -2.57. The van der Waals surface area contributed by atoms with E-state index in [1.807, 2.05) is 0 Å². The fourth-order valence-electron chi connectivity index (χ4n) is 1.56. The Kier molecular flexibility index (Phi) is 3.37. The highest BCUT2D eigenvalue weighted by Crippen LogP contribution is 2.35. The number of ether oxygens (including phenoxy) is 2. The molecule has 0 fully saturated rings. The maximum absolute atomic E-state index is 13.7. The lowest BCUT2D eigenvalue weighted by Gasteiger charge is -2.09. The Morgan fingerprint density at radius 3 is 2.47 bits per heavy atom. The number of hydrogen-bond donors (Lipinski definition) is 1. The molecule has 0 bridgehead atoms. The molecule has 1 heterocycles. The molecule has 0 spiro atoms. The fourth-order valence-corrected chi connectivity index (χ4v) is 1.56. The first-order valence-corrected chi connectivity index (χ1v) is 5.18. The summed E-state index contributed by atoms with van der Waals surface area (Å²) in [7, 11) is 2.72. The predicted octanol–water partition coefficient (Wildman–Crippen LogP) is 2.20. The second-order valence-electron chi connectivity index (χ2n) is 3.57. The summed E-state index contributed by atoms with van der Waals surface area (Å²) in [5.74, 6) is -1.46. The number of aromatic carboxylic acids is 1. The third kappa shape index (κ3) is 2.35. The fraction of sp³-hybridized carbons (Fsp3) is 0.167. The summed E-state index contributed by atoms with van der Waals surface area (Å²) in [6.07, 6.45) is 0. The quantitative estimate of drug-likeness (QED) is 0.914. The third-order valence-corrected chi connectivity index (χ3v) is 2.47. The van der Waals surface area contributed by atoms with Crippen LogP contribution in [-0.2, 0) is 0 Å². The van der Waals surface area contributed by atoms with Crippen LogP contribution in [0.1, 0.15) is 10.5 Å². The molecule has 0 aliphatic rings. The van der Waals surface area contributed by atoms with Gasteiger partial charge >= 0.3 is 5.97 Å². The van der Waals surface area contributed by atoms with E-state index in [4.69, 9.17) is 19.1 Å². The lowest BCUT2D eigenvalue weighted by molar-refractivity contribution is 0.0686. The van der Waals surface area contributed by atoms with Gasteiger partial charge in [-0.1, -0.05) is 5.16 Å². The monoisotopic (exact) mass is 267 g/mol. The lowest BCUT2D eigenvalue weighted by Crippen LogP contribution is -1.95. The Morgan fingerprint density at radius 1 is 1.26 bits per heavy atom. The lowest BCUT2D eigenvalue weighted by atomic mass is 10.1.